The average Bonchev–Trinajstić information content (AvgIpc) is 3.01. The Labute approximate surface area is 118 Å². The molecule has 1 aliphatic rings. The number of halogens is 1. The third-order valence-electron chi connectivity index (χ3n) is 3.43. The van der Waals surface area contributed by atoms with Crippen LogP contribution in [0.3, 0.4) is 0 Å². The van der Waals surface area contributed by atoms with Crippen molar-refractivity contribution < 1.29 is 5.11 Å². The van der Waals surface area contributed by atoms with Gasteiger partial charge >= 0.3 is 0 Å². The maximum Gasteiger partial charge on any atom is 0.238 e. The second-order valence-corrected chi connectivity index (χ2v) is 4.81. The van der Waals surface area contributed by atoms with E-state index in [1.807, 2.05) is 41.2 Å². The molecule has 3 rings (SSSR count). The zero-order chi connectivity index (χ0) is 12.4. The van der Waals surface area contributed by atoms with Gasteiger partial charge in [-0.15, -0.1) is 17.5 Å². The lowest BCUT2D eigenvalue weighted by Gasteiger charge is -2.07. The molecule has 1 atom stereocenters. The molecule has 2 N–H and O–H groups in total. The van der Waals surface area contributed by atoms with Crippen LogP contribution < -0.4 is 5.32 Å². The maximum absolute atomic E-state index is 9.91. The minimum absolute atomic E-state index is 0. The fourth-order valence-electron chi connectivity index (χ4n) is 2.46. The molecular formula is C14H18ClN3O. The Balaban J connectivity index is 0.00000133. The second-order valence-electron chi connectivity index (χ2n) is 4.81. The predicted octanol–water partition coefficient (Wildman–Crippen LogP) is 2.29. The Hall–Kier alpha value is -1.52. The van der Waals surface area contributed by atoms with E-state index in [0.29, 0.717) is 5.92 Å². The van der Waals surface area contributed by atoms with Crippen LogP contribution in [-0.2, 0) is 6.54 Å². The van der Waals surface area contributed by atoms with Crippen LogP contribution in [-0.4, -0.2) is 28.0 Å². The highest BCUT2D eigenvalue weighted by Gasteiger charge is 2.17. The van der Waals surface area contributed by atoms with Crippen molar-refractivity contribution in [2.45, 2.75) is 13.0 Å². The Kier molecular flexibility index (Phi) is 4.45. The highest BCUT2D eigenvalue weighted by Crippen LogP contribution is 2.27. The molecule has 0 radical (unpaired) electrons. The zero-order valence-electron chi connectivity index (χ0n) is 10.6. The number of aromatic nitrogens is 2. The summed E-state index contributed by atoms with van der Waals surface area (Å²) in [6.07, 6.45) is 3.12. The lowest BCUT2D eigenvalue weighted by Crippen LogP contribution is -2.14. The molecule has 1 fully saturated rings. The van der Waals surface area contributed by atoms with Crippen LogP contribution in [0.5, 0.6) is 5.88 Å². The monoisotopic (exact) mass is 279 g/mol. The van der Waals surface area contributed by atoms with Gasteiger partial charge in [-0.1, -0.05) is 30.3 Å². The van der Waals surface area contributed by atoms with Gasteiger partial charge in [-0.25, -0.2) is 0 Å². The summed E-state index contributed by atoms with van der Waals surface area (Å²) in [6, 6.07) is 9.87. The van der Waals surface area contributed by atoms with E-state index in [9.17, 15) is 5.11 Å². The Morgan fingerprint density at radius 2 is 2.11 bits per heavy atom. The summed E-state index contributed by atoms with van der Waals surface area (Å²) in [4.78, 5) is 0. The Morgan fingerprint density at radius 3 is 2.79 bits per heavy atom. The highest BCUT2D eigenvalue weighted by atomic mass is 35.5. The summed E-state index contributed by atoms with van der Waals surface area (Å²) in [5.74, 6) is 0.736. The molecule has 0 bridgehead atoms. The van der Waals surface area contributed by atoms with E-state index >= 15 is 0 Å². The van der Waals surface area contributed by atoms with Crippen LogP contribution >= 0.6 is 12.4 Å². The maximum atomic E-state index is 9.91. The van der Waals surface area contributed by atoms with Crippen LogP contribution in [0.15, 0.2) is 36.5 Å². The van der Waals surface area contributed by atoms with Gasteiger partial charge in [0.05, 0.1) is 5.56 Å². The van der Waals surface area contributed by atoms with Crippen molar-refractivity contribution in [3.05, 3.63) is 36.5 Å². The summed E-state index contributed by atoms with van der Waals surface area (Å²) in [5, 5.41) is 17.4. The minimum Gasteiger partial charge on any atom is -0.492 e. The molecule has 0 aliphatic carbocycles. The van der Waals surface area contributed by atoms with Crippen molar-refractivity contribution in [1.82, 2.24) is 15.1 Å². The number of hydrogen-bond acceptors (Lipinski definition) is 3. The number of hydrogen-bond donors (Lipinski definition) is 2. The standard InChI is InChI=1S/C14H17N3O.ClH/c18-14-13(12-4-2-1-3-5-12)10-17(16-14)9-11-6-7-15-8-11;/h1-5,10-11,15H,6-9H2,(H,16,18);1H. The van der Waals surface area contributed by atoms with Crippen molar-refractivity contribution in [1.29, 1.82) is 0 Å². The number of aromatic hydroxyl groups is 1. The Bertz CT molecular complexity index is 521. The van der Waals surface area contributed by atoms with Crippen LogP contribution in [0.1, 0.15) is 6.42 Å². The van der Waals surface area contributed by atoms with Crippen LogP contribution in [0.2, 0.25) is 0 Å². The third kappa shape index (κ3) is 3.08. The molecule has 1 unspecified atom stereocenters. The van der Waals surface area contributed by atoms with Gasteiger partial charge in [0.25, 0.3) is 0 Å². The molecule has 102 valence electrons. The normalized spacial score (nSPS) is 18.2. The molecule has 4 nitrogen and oxygen atoms in total. The van der Waals surface area contributed by atoms with Crippen molar-refractivity contribution in [3.63, 3.8) is 0 Å². The summed E-state index contributed by atoms with van der Waals surface area (Å²) >= 11 is 0. The Morgan fingerprint density at radius 1 is 1.32 bits per heavy atom. The first-order chi connectivity index (χ1) is 8.83. The van der Waals surface area contributed by atoms with E-state index in [-0.39, 0.29) is 18.3 Å². The fraction of sp³-hybridized carbons (Fsp3) is 0.357. The quantitative estimate of drug-likeness (QED) is 0.906. The predicted molar refractivity (Wildman–Crippen MR) is 77.6 cm³/mol. The summed E-state index contributed by atoms with van der Waals surface area (Å²) < 4.78 is 1.86. The molecule has 1 aliphatic heterocycles. The molecule has 1 aromatic carbocycles. The van der Waals surface area contributed by atoms with E-state index in [0.717, 1.165) is 30.8 Å². The molecule has 5 heteroatoms. The molecule has 2 aromatic rings. The molecule has 1 aromatic heterocycles. The first-order valence-electron chi connectivity index (χ1n) is 6.35. The highest BCUT2D eigenvalue weighted by molar-refractivity contribution is 5.85. The second kappa shape index (κ2) is 6.08. The van der Waals surface area contributed by atoms with Gasteiger partial charge in [-0.05, 0) is 31.0 Å². The smallest absolute Gasteiger partial charge is 0.238 e. The first kappa shape index (κ1) is 13.9. The lowest BCUT2D eigenvalue weighted by atomic mass is 10.1. The summed E-state index contributed by atoms with van der Waals surface area (Å²) in [6.45, 7) is 3.00. The van der Waals surface area contributed by atoms with Gasteiger partial charge in [0, 0.05) is 12.7 Å². The average molecular weight is 280 g/mol. The van der Waals surface area contributed by atoms with Gasteiger partial charge in [0.15, 0.2) is 0 Å². The SMILES string of the molecule is Cl.Oc1nn(CC2CCNC2)cc1-c1ccccc1. The van der Waals surface area contributed by atoms with Crippen LogP contribution in [0, 0.1) is 5.92 Å². The zero-order valence-corrected chi connectivity index (χ0v) is 11.4. The molecule has 1 saturated heterocycles. The van der Waals surface area contributed by atoms with E-state index in [1.54, 1.807) is 0 Å². The number of nitrogens with one attached hydrogen (secondary N) is 1. The molecule has 0 saturated carbocycles. The molecular weight excluding hydrogens is 262 g/mol. The van der Waals surface area contributed by atoms with Crippen LogP contribution in [0.4, 0.5) is 0 Å². The van der Waals surface area contributed by atoms with Gasteiger partial charge < -0.3 is 10.4 Å². The third-order valence-corrected chi connectivity index (χ3v) is 3.43. The van der Waals surface area contributed by atoms with Gasteiger partial charge in [-0.2, -0.15) is 0 Å². The molecule has 0 amide bonds. The molecule has 19 heavy (non-hydrogen) atoms. The molecule has 0 spiro atoms. The van der Waals surface area contributed by atoms with Gasteiger partial charge in [0.1, 0.15) is 0 Å². The van der Waals surface area contributed by atoms with E-state index in [2.05, 4.69) is 10.4 Å². The number of nitrogens with zero attached hydrogens (tertiary/aromatic N) is 2. The number of rotatable bonds is 3. The van der Waals surface area contributed by atoms with Gasteiger partial charge in [0.2, 0.25) is 5.88 Å². The minimum atomic E-state index is 0. The number of benzene rings is 1. The van der Waals surface area contributed by atoms with Crippen molar-refractivity contribution in [2.75, 3.05) is 13.1 Å². The lowest BCUT2D eigenvalue weighted by molar-refractivity contribution is 0.409. The summed E-state index contributed by atoms with van der Waals surface area (Å²) in [7, 11) is 0. The van der Waals surface area contributed by atoms with E-state index in [1.165, 1.54) is 6.42 Å². The fourth-order valence-corrected chi connectivity index (χ4v) is 2.46. The van der Waals surface area contributed by atoms with Gasteiger partial charge in [-0.3, -0.25) is 4.68 Å². The molecule has 2 heterocycles. The van der Waals surface area contributed by atoms with Crippen molar-refractivity contribution in [2.24, 2.45) is 5.92 Å². The van der Waals surface area contributed by atoms with E-state index < -0.39 is 0 Å². The van der Waals surface area contributed by atoms with Crippen molar-refractivity contribution in [3.8, 4) is 17.0 Å². The van der Waals surface area contributed by atoms with Crippen molar-refractivity contribution >= 4 is 12.4 Å². The summed E-state index contributed by atoms with van der Waals surface area (Å²) in [5.41, 5.74) is 1.81. The van der Waals surface area contributed by atoms with Crippen LogP contribution in [0.25, 0.3) is 11.1 Å². The van der Waals surface area contributed by atoms with E-state index in [4.69, 9.17) is 0 Å². The topological polar surface area (TPSA) is 50.1 Å². The first-order valence-corrected chi connectivity index (χ1v) is 6.35. The largest absolute Gasteiger partial charge is 0.492 e.